The maximum Gasteiger partial charge on any atom is 0.145 e. The highest BCUT2D eigenvalue weighted by Gasteiger charge is 2.20. The van der Waals surface area contributed by atoms with Gasteiger partial charge in [0, 0.05) is 11.3 Å². The summed E-state index contributed by atoms with van der Waals surface area (Å²) in [5.41, 5.74) is 13.0. The van der Waals surface area contributed by atoms with Crippen molar-refractivity contribution in [1.29, 1.82) is 0 Å². The lowest BCUT2D eigenvalue weighted by Crippen LogP contribution is -1.98. The number of nitrogens with zero attached hydrogens (tertiary/aromatic N) is 2. The maximum absolute atomic E-state index is 5.10. The molecule has 0 aliphatic heterocycles. The number of fused-ring (bicyclic) bond motifs is 9. The van der Waals surface area contributed by atoms with Crippen molar-refractivity contribution in [3.63, 3.8) is 0 Å². The summed E-state index contributed by atoms with van der Waals surface area (Å²) < 4.78 is 2.28. The van der Waals surface area contributed by atoms with Crippen molar-refractivity contribution in [2.75, 3.05) is 0 Å². The molecule has 12 aromatic carbocycles. The summed E-state index contributed by atoms with van der Waals surface area (Å²) in [7, 11) is 0. The molecule has 1 heterocycles. The van der Waals surface area contributed by atoms with Crippen molar-refractivity contribution in [2.24, 2.45) is 0 Å². The summed E-state index contributed by atoms with van der Waals surface area (Å²) in [6, 6.07) is 82.3. The molecule has 0 saturated carbocycles. The smallest absolute Gasteiger partial charge is 0.145 e. The normalized spacial score (nSPS) is 11.8. The van der Waals surface area contributed by atoms with E-state index >= 15 is 0 Å². The molecule has 13 aromatic rings. The molecular weight excluding hydrogens is 773 g/mol. The Morgan fingerprint density at radius 3 is 1.56 bits per heavy atom. The average molecular weight is 813 g/mol. The molecule has 0 fully saturated rings. The number of benzene rings is 12. The van der Waals surface area contributed by atoms with Gasteiger partial charge in [-0.15, -0.1) is 0 Å². The monoisotopic (exact) mass is 812 g/mol. The van der Waals surface area contributed by atoms with E-state index in [2.05, 4.69) is 236 Å². The van der Waals surface area contributed by atoms with Crippen LogP contribution in [0, 0.1) is 6.92 Å². The molecule has 0 amide bonds. The Balaban J connectivity index is 0.982. The van der Waals surface area contributed by atoms with Gasteiger partial charge in [-0.3, -0.25) is 4.57 Å². The van der Waals surface area contributed by atoms with Gasteiger partial charge in [-0.05, 0) is 141 Å². The topological polar surface area (TPSA) is 17.8 Å². The molecule has 298 valence electrons. The van der Waals surface area contributed by atoms with Gasteiger partial charge in [-0.1, -0.05) is 194 Å². The Morgan fingerprint density at radius 1 is 0.344 bits per heavy atom. The van der Waals surface area contributed by atoms with Crippen molar-refractivity contribution >= 4 is 75.7 Å². The van der Waals surface area contributed by atoms with Crippen LogP contribution in [0.2, 0.25) is 0 Å². The molecule has 0 N–H and O–H groups in total. The highest BCUT2D eigenvalue weighted by Crippen LogP contribution is 2.46. The molecule has 0 aliphatic carbocycles. The SMILES string of the molecule is Cc1cccc2ccc3cccc(-c4cccc5ccc6cc(-c7c8ccccc8c(-c8ccc(-n9c(-c%10ccccc%10)nc%10ccccc%109)cc8)c8ccccc78)ccc6c45)c3c12. The second-order valence-electron chi connectivity index (χ2n) is 17.1. The molecule has 2 heteroatoms. The highest BCUT2D eigenvalue weighted by atomic mass is 15.1. The molecule has 0 saturated heterocycles. The fourth-order valence-corrected chi connectivity index (χ4v) is 10.7. The lowest BCUT2D eigenvalue weighted by Gasteiger charge is -2.19. The zero-order chi connectivity index (χ0) is 42.3. The molecule has 0 aliphatic rings. The highest BCUT2D eigenvalue weighted by molar-refractivity contribution is 6.24. The summed E-state index contributed by atoms with van der Waals surface area (Å²) in [6.45, 7) is 2.24. The quantitative estimate of drug-likeness (QED) is 0.125. The average Bonchev–Trinajstić information content (AvgIpc) is 3.75. The first-order valence-electron chi connectivity index (χ1n) is 22.1. The minimum absolute atomic E-state index is 0.937. The van der Waals surface area contributed by atoms with E-state index in [1.807, 2.05) is 0 Å². The minimum atomic E-state index is 0.937. The number of aromatic nitrogens is 2. The number of hydrogen-bond acceptors (Lipinski definition) is 1. The van der Waals surface area contributed by atoms with Crippen molar-refractivity contribution < 1.29 is 0 Å². The van der Waals surface area contributed by atoms with Gasteiger partial charge in [0.1, 0.15) is 5.82 Å². The van der Waals surface area contributed by atoms with E-state index in [1.165, 1.54) is 104 Å². The van der Waals surface area contributed by atoms with Gasteiger partial charge in [0.15, 0.2) is 0 Å². The Hall–Kier alpha value is -8.33. The van der Waals surface area contributed by atoms with Crippen molar-refractivity contribution in [2.45, 2.75) is 6.92 Å². The zero-order valence-corrected chi connectivity index (χ0v) is 35.3. The molecule has 0 atom stereocenters. The molecule has 2 nitrogen and oxygen atoms in total. The predicted molar refractivity (Wildman–Crippen MR) is 273 cm³/mol. The number of rotatable bonds is 5. The van der Waals surface area contributed by atoms with Gasteiger partial charge in [0.2, 0.25) is 0 Å². The van der Waals surface area contributed by atoms with E-state index in [1.54, 1.807) is 0 Å². The van der Waals surface area contributed by atoms with Crippen LogP contribution in [0.15, 0.2) is 224 Å². The first-order chi connectivity index (χ1) is 31.7. The summed E-state index contributed by atoms with van der Waals surface area (Å²) in [5, 5.41) is 15.2. The van der Waals surface area contributed by atoms with Crippen LogP contribution in [0.3, 0.4) is 0 Å². The lowest BCUT2D eigenvalue weighted by atomic mass is 9.85. The van der Waals surface area contributed by atoms with Gasteiger partial charge >= 0.3 is 0 Å². The molecular formula is C62H40N2. The fourth-order valence-electron chi connectivity index (χ4n) is 10.7. The van der Waals surface area contributed by atoms with E-state index in [0.717, 1.165) is 28.1 Å². The largest absolute Gasteiger partial charge is 0.292 e. The third-order valence-electron chi connectivity index (χ3n) is 13.5. The molecule has 13 rings (SSSR count). The number of imidazole rings is 1. The molecule has 64 heavy (non-hydrogen) atoms. The van der Waals surface area contributed by atoms with E-state index in [9.17, 15) is 0 Å². The molecule has 0 spiro atoms. The van der Waals surface area contributed by atoms with Crippen LogP contribution in [0.25, 0.3) is 126 Å². The van der Waals surface area contributed by atoms with Crippen molar-refractivity contribution in [3.05, 3.63) is 230 Å². The standard InChI is InChI=1S/C62H40N2/c1-39-14-11-17-40-28-29-42-19-13-25-54(61(42)57(39)40)53-24-12-18-41-30-31-45-38-46(34-37-48(45)58(41)53)60-51-22-7-5-20-49(51)59(50-21-6-8-23-52(50)60)43-32-35-47(36-33-43)64-56-27-10-9-26-55(56)63-62(64)44-15-3-2-4-16-44/h2-38H,1H3. The van der Waals surface area contributed by atoms with Crippen LogP contribution in [0.1, 0.15) is 5.56 Å². The lowest BCUT2D eigenvalue weighted by molar-refractivity contribution is 1.10. The molecule has 0 radical (unpaired) electrons. The van der Waals surface area contributed by atoms with Gasteiger partial charge in [-0.2, -0.15) is 0 Å². The van der Waals surface area contributed by atoms with Crippen LogP contribution in [-0.2, 0) is 0 Å². The van der Waals surface area contributed by atoms with Gasteiger partial charge < -0.3 is 0 Å². The third-order valence-corrected chi connectivity index (χ3v) is 13.5. The number of para-hydroxylation sites is 2. The summed E-state index contributed by atoms with van der Waals surface area (Å²) >= 11 is 0. The Morgan fingerprint density at radius 2 is 0.875 bits per heavy atom. The van der Waals surface area contributed by atoms with E-state index in [0.29, 0.717) is 0 Å². The van der Waals surface area contributed by atoms with Gasteiger partial charge in [0.25, 0.3) is 0 Å². The van der Waals surface area contributed by atoms with E-state index in [4.69, 9.17) is 4.98 Å². The van der Waals surface area contributed by atoms with Gasteiger partial charge in [-0.25, -0.2) is 4.98 Å². The molecule has 0 bridgehead atoms. The summed E-state index contributed by atoms with van der Waals surface area (Å²) in [6.07, 6.45) is 0. The second kappa shape index (κ2) is 14.4. The fraction of sp³-hybridized carbons (Fsp3) is 0.0161. The summed E-state index contributed by atoms with van der Waals surface area (Å²) in [5.74, 6) is 0.937. The third kappa shape index (κ3) is 5.56. The second-order valence-corrected chi connectivity index (χ2v) is 17.1. The van der Waals surface area contributed by atoms with Crippen LogP contribution >= 0.6 is 0 Å². The van der Waals surface area contributed by atoms with E-state index < -0.39 is 0 Å². The Kier molecular flexibility index (Phi) is 8.16. The van der Waals surface area contributed by atoms with Crippen molar-refractivity contribution in [1.82, 2.24) is 9.55 Å². The number of aryl methyl sites for hydroxylation is 1. The zero-order valence-electron chi connectivity index (χ0n) is 35.3. The Bertz CT molecular complexity index is 3950. The van der Waals surface area contributed by atoms with Crippen LogP contribution < -0.4 is 0 Å². The van der Waals surface area contributed by atoms with Crippen molar-refractivity contribution in [3.8, 4) is 50.5 Å². The molecule has 1 aromatic heterocycles. The molecule has 0 unspecified atom stereocenters. The van der Waals surface area contributed by atoms with Crippen LogP contribution in [0.4, 0.5) is 0 Å². The Labute approximate surface area is 370 Å². The summed E-state index contributed by atoms with van der Waals surface area (Å²) in [4.78, 5) is 5.10. The van der Waals surface area contributed by atoms with Crippen LogP contribution in [-0.4, -0.2) is 9.55 Å². The van der Waals surface area contributed by atoms with Gasteiger partial charge in [0.05, 0.1) is 11.0 Å². The first kappa shape index (κ1) is 36.3. The number of hydrogen-bond donors (Lipinski definition) is 0. The minimum Gasteiger partial charge on any atom is -0.292 e. The maximum atomic E-state index is 5.10. The van der Waals surface area contributed by atoms with E-state index in [-0.39, 0.29) is 0 Å². The first-order valence-corrected chi connectivity index (χ1v) is 22.1. The predicted octanol–water partition coefficient (Wildman–Crippen LogP) is 16.9. The van der Waals surface area contributed by atoms with Crippen LogP contribution in [0.5, 0.6) is 0 Å².